The first-order valence-corrected chi connectivity index (χ1v) is 5.67. The highest BCUT2D eigenvalue weighted by molar-refractivity contribution is 5.02. The Morgan fingerprint density at radius 2 is 2.33 bits per heavy atom. The Morgan fingerprint density at radius 1 is 1.60 bits per heavy atom. The molecule has 0 amide bonds. The zero-order valence-electron chi connectivity index (χ0n) is 9.77. The lowest BCUT2D eigenvalue weighted by Gasteiger charge is -2.30. The van der Waals surface area contributed by atoms with Crippen LogP contribution in [0.2, 0.25) is 0 Å². The van der Waals surface area contributed by atoms with E-state index in [0.29, 0.717) is 5.92 Å². The molecule has 3 heteroatoms. The SMILES string of the molecule is Cn1ccnc1C(O)C1CCCC1(C)C. The van der Waals surface area contributed by atoms with E-state index in [9.17, 15) is 5.11 Å². The normalized spacial score (nSPS) is 26.8. The van der Waals surface area contributed by atoms with Gasteiger partial charge in [-0.15, -0.1) is 0 Å². The zero-order chi connectivity index (χ0) is 11.1. The van der Waals surface area contributed by atoms with E-state index in [-0.39, 0.29) is 5.41 Å². The molecule has 2 atom stereocenters. The second kappa shape index (κ2) is 3.63. The van der Waals surface area contributed by atoms with Crippen molar-refractivity contribution in [3.05, 3.63) is 18.2 Å². The molecule has 1 saturated carbocycles. The van der Waals surface area contributed by atoms with Gasteiger partial charge in [0.15, 0.2) is 0 Å². The van der Waals surface area contributed by atoms with Crippen molar-refractivity contribution >= 4 is 0 Å². The molecule has 0 aromatic carbocycles. The van der Waals surface area contributed by atoms with E-state index in [0.717, 1.165) is 12.2 Å². The standard InChI is InChI=1S/C12H20N2O/c1-12(2)6-4-5-9(12)10(15)11-13-7-8-14(11)3/h7-10,15H,4-6H2,1-3H3. The second-order valence-electron chi connectivity index (χ2n) is 5.33. The molecule has 2 rings (SSSR count). The molecular formula is C12H20N2O. The Morgan fingerprint density at radius 3 is 2.80 bits per heavy atom. The number of aliphatic hydroxyl groups is 1. The molecule has 1 N–H and O–H groups in total. The molecule has 1 fully saturated rings. The summed E-state index contributed by atoms with van der Waals surface area (Å²) in [7, 11) is 1.94. The molecular weight excluding hydrogens is 188 g/mol. The van der Waals surface area contributed by atoms with Crippen LogP contribution < -0.4 is 0 Å². The minimum absolute atomic E-state index is 0.241. The largest absolute Gasteiger partial charge is 0.385 e. The summed E-state index contributed by atoms with van der Waals surface area (Å²) < 4.78 is 1.92. The number of hydrogen-bond donors (Lipinski definition) is 1. The molecule has 0 saturated heterocycles. The van der Waals surface area contributed by atoms with Crippen LogP contribution in [-0.4, -0.2) is 14.7 Å². The van der Waals surface area contributed by atoms with E-state index < -0.39 is 6.10 Å². The van der Waals surface area contributed by atoms with Crippen LogP contribution in [0.3, 0.4) is 0 Å². The van der Waals surface area contributed by atoms with E-state index in [1.54, 1.807) is 6.20 Å². The molecule has 0 aliphatic heterocycles. The van der Waals surface area contributed by atoms with Gasteiger partial charge in [-0.05, 0) is 24.2 Å². The maximum absolute atomic E-state index is 10.3. The van der Waals surface area contributed by atoms with Crippen LogP contribution in [0, 0.1) is 11.3 Å². The number of aromatic nitrogens is 2. The lowest BCUT2D eigenvalue weighted by atomic mass is 9.78. The Labute approximate surface area is 91.1 Å². The van der Waals surface area contributed by atoms with Crippen LogP contribution in [0.25, 0.3) is 0 Å². The lowest BCUT2D eigenvalue weighted by Crippen LogP contribution is -2.25. The van der Waals surface area contributed by atoms with Crippen LogP contribution in [0.5, 0.6) is 0 Å². The lowest BCUT2D eigenvalue weighted by molar-refractivity contribution is 0.0445. The summed E-state index contributed by atoms with van der Waals surface area (Å²) in [4.78, 5) is 4.24. The summed E-state index contributed by atoms with van der Waals surface area (Å²) in [6, 6.07) is 0. The van der Waals surface area contributed by atoms with Crippen molar-refractivity contribution < 1.29 is 5.11 Å². The van der Waals surface area contributed by atoms with Gasteiger partial charge < -0.3 is 9.67 Å². The third kappa shape index (κ3) is 1.81. The molecule has 3 nitrogen and oxygen atoms in total. The summed E-state index contributed by atoms with van der Waals surface area (Å²) in [5.41, 5.74) is 0.241. The average molecular weight is 208 g/mol. The zero-order valence-corrected chi connectivity index (χ0v) is 9.77. The van der Waals surface area contributed by atoms with Crippen LogP contribution in [0.1, 0.15) is 45.0 Å². The van der Waals surface area contributed by atoms with Crippen molar-refractivity contribution in [1.82, 2.24) is 9.55 Å². The smallest absolute Gasteiger partial charge is 0.137 e. The molecule has 1 aliphatic carbocycles. The van der Waals surface area contributed by atoms with Crippen LogP contribution >= 0.6 is 0 Å². The third-order valence-corrected chi connectivity index (χ3v) is 3.84. The predicted molar refractivity (Wildman–Crippen MR) is 59.3 cm³/mol. The summed E-state index contributed by atoms with van der Waals surface area (Å²) in [5.74, 6) is 1.15. The second-order valence-corrected chi connectivity index (χ2v) is 5.33. The molecule has 1 aliphatic rings. The van der Waals surface area contributed by atoms with Crippen molar-refractivity contribution in [2.45, 2.75) is 39.2 Å². The Bertz CT molecular complexity index is 343. The van der Waals surface area contributed by atoms with Gasteiger partial charge in [0, 0.05) is 19.4 Å². The van der Waals surface area contributed by atoms with Gasteiger partial charge in [-0.25, -0.2) is 4.98 Å². The fourth-order valence-corrected chi connectivity index (χ4v) is 2.78. The minimum atomic E-state index is -0.414. The maximum Gasteiger partial charge on any atom is 0.137 e. The number of hydrogen-bond acceptors (Lipinski definition) is 2. The third-order valence-electron chi connectivity index (χ3n) is 3.84. The number of imidazole rings is 1. The molecule has 0 bridgehead atoms. The Hall–Kier alpha value is -0.830. The van der Waals surface area contributed by atoms with Gasteiger partial charge in [0.2, 0.25) is 0 Å². The van der Waals surface area contributed by atoms with Gasteiger partial charge >= 0.3 is 0 Å². The van der Waals surface area contributed by atoms with Crippen LogP contribution in [-0.2, 0) is 7.05 Å². The minimum Gasteiger partial charge on any atom is -0.385 e. The van der Waals surface area contributed by atoms with Crippen molar-refractivity contribution in [3.63, 3.8) is 0 Å². The fraction of sp³-hybridized carbons (Fsp3) is 0.750. The van der Waals surface area contributed by atoms with Gasteiger partial charge in [-0.3, -0.25) is 0 Å². The number of aliphatic hydroxyl groups excluding tert-OH is 1. The summed E-state index contributed by atoms with van der Waals surface area (Å²) >= 11 is 0. The first-order chi connectivity index (χ1) is 7.02. The van der Waals surface area contributed by atoms with Crippen molar-refractivity contribution in [2.24, 2.45) is 18.4 Å². The molecule has 1 aromatic rings. The van der Waals surface area contributed by atoms with Crippen molar-refractivity contribution in [3.8, 4) is 0 Å². The molecule has 84 valence electrons. The predicted octanol–water partition coefficient (Wildman–Crippen LogP) is 2.28. The molecule has 1 heterocycles. The first-order valence-electron chi connectivity index (χ1n) is 5.67. The highest BCUT2D eigenvalue weighted by Crippen LogP contribution is 2.48. The maximum atomic E-state index is 10.3. The van der Waals surface area contributed by atoms with E-state index in [2.05, 4.69) is 18.8 Å². The molecule has 15 heavy (non-hydrogen) atoms. The topological polar surface area (TPSA) is 38.0 Å². The van der Waals surface area contributed by atoms with Gasteiger partial charge in [0.1, 0.15) is 11.9 Å². The highest BCUT2D eigenvalue weighted by atomic mass is 16.3. The summed E-state index contributed by atoms with van der Waals surface area (Å²) in [6.07, 6.45) is 6.77. The summed E-state index contributed by atoms with van der Waals surface area (Å²) in [5, 5.41) is 10.3. The number of rotatable bonds is 2. The quantitative estimate of drug-likeness (QED) is 0.809. The highest BCUT2D eigenvalue weighted by Gasteiger charge is 2.40. The monoisotopic (exact) mass is 208 g/mol. The number of nitrogens with zero attached hydrogens (tertiary/aromatic N) is 2. The Balaban J connectivity index is 2.21. The van der Waals surface area contributed by atoms with Crippen LogP contribution in [0.4, 0.5) is 0 Å². The van der Waals surface area contributed by atoms with Gasteiger partial charge in [-0.1, -0.05) is 20.3 Å². The van der Waals surface area contributed by atoms with E-state index in [4.69, 9.17) is 0 Å². The van der Waals surface area contributed by atoms with Crippen molar-refractivity contribution in [1.29, 1.82) is 0 Å². The van der Waals surface area contributed by atoms with Crippen molar-refractivity contribution in [2.75, 3.05) is 0 Å². The van der Waals surface area contributed by atoms with E-state index in [1.165, 1.54) is 12.8 Å². The van der Waals surface area contributed by atoms with Crippen LogP contribution in [0.15, 0.2) is 12.4 Å². The fourth-order valence-electron chi connectivity index (χ4n) is 2.78. The molecule has 2 unspecified atom stereocenters. The average Bonchev–Trinajstić information content (AvgIpc) is 2.70. The van der Waals surface area contributed by atoms with Gasteiger partial charge in [0.05, 0.1) is 0 Å². The molecule has 1 aromatic heterocycles. The van der Waals surface area contributed by atoms with Gasteiger partial charge in [0.25, 0.3) is 0 Å². The first kappa shape index (κ1) is 10.7. The summed E-state index contributed by atoms with van der Waals surface area (Å²) in [6.45, 7) is 4.49. The van der Waals surface area contributed by atoms with Gasteiger partial charge in [-0.2, -0.15) is 0 Å². The molecule has 0 spiro atoms. The molecule has 0 radical (unpaired) electrons. The van der Waals surface area contributed by atoms with E-state index in [1.807, 2.05) is 17.8 Å². The Kier molecular flexibility index (Phi) is 2.59. The van der Waals surface area contributed by atoms with E-state index >= 15 is 0 Å². The number of aryl methyl sites for hydroxylation is 1.